The normalized spacial score (nSPS) is 10.3. The number of carboxylic acids is 1. The van der Waals surface area contributed by atoms with E-state index in [0.717, 1.165) is 0 Å². The zero-order chi connectivity index (χ0) is 9.97. The second kappa shape index (κ2) is 3.33. The third-order valence-electron chi connectivity index (χ3n) is 1.61. The maximum Gasteiger partial charge on any atom is 0.325 e. The standard InChI is InChI=1S/C8H7N3O3/c12-8(13)5-11-4-6(9-10-11)7-2-1-3-14-7/h1-4H,5H2,(H,12,13). The highest BCUT2D eigenvalue weighted by molar-refractivity contribution is 5.66. The second-order valence-corrected chi connectivity index (χ2v) is 2.67. The summed E-state index contributed by atoms with van der Waals surface area (Å²) in [6.45, 7) is -0.201. The number of aliphatic carboxylic acids is 1. The average molecular weight is 193 g/mol. The van der Waals surface area contributed by atoms with E-state index in [1.807, 2.05) is 0 Å². The van der Waals surface area contributed by atoms with Gasteiger partial charge in [-0.2, -0.15) is 0 Å². The summed E-state index contributed by atoms with van der Waals surface area (Å²) in [4.78, 5) is 10.4. The van der Waals surface area contributed by atoms with Gasteiger partial charge in [-0.1, -0.05) is 5.21 Å². The largest absolute Gasteiger partial charge is 0.480 e. The molecule has 6 heteroatoms. The Morgan fingerprint density at radius 1 is 1.64 bits per heavy atom. The molecule has 0 fully saturated rings. The van der Waals surface area contributed by atoms with Crippen LogP contribution in [0, 0.1) is 0 Å². The van der Waals surface area contributed by atoms with Crippen LogP contribution in [0.4, 0.5) is 0 Å². The molecule has 0 atom stereocenters. The van der Waals surface area contributed by atoms with Crippen LogP contribution in [0.25, 0.3) is 11.5 Å². The van der Waals surface area contributed by atoms with Gasteiger partial charge in [0.05, 0.1) is 12.5 Å². The summed E-state index contributed by atoms with van der Waals surface area (Å²) in [6, 6.07) is 3.46. The maximum atomic E-state index is 10.4. The molecule has 0 aromatic carbocycles. The lowest BCUT2D eigenvalue weighted by Crippen LogP contribution is -2.08. The van der Waals surface area contributed by atoms with E-state index < -0.39 is 5.97 Å². The van der Waals surface area contributed by atoms with Gasteiger partial charge in [-0.25, -0.2) is 4.68 Å². The minimum absolute atomic E-state index is 0.201. The van der Waals surface area contributed by atoms with Crippen molar-refractivity contribution in [1.82, 2.24) is 15.0 Å². The highest BCUT2D eigenvalue weighted by Crippen LogP contribution is 2.15. The lowest BCUT2D eigenvalue weighted by atomic mass is 10.4. The minimum atomic E-state index is -0.958. The molecule has 0 aliphatic heterocycles. The average Bonchev–Trinajstić information content (AvgIpc) is 2.69. The first kappa shape index (κ1) is 8.49. The van der Waals surface area contributed by atoms with Gasteiger partial charge in [-0.05, 0) is 12.1 Å². The molecule has 6 nitrogen and oxygen atoms in total. The monoisotopic (exact) mass is 193 g/mol. The van der Waals surface area contributed by atoms with Crippen molar-refractivity contribution in [2.75, 3.05) is 0 Å². The van der Waals surface area contributed by atoms with Crippen molar-refractivity contribution in [3.63, 3.8) is 0 Å². The molecule has 0 saturated heterocycles. The van der Waals surface area contributed by atoms with Gasteiger partial charge in [-0.3, -0.25) is 4.79 Å². The maximum absolute atomic E-state index is 10.4. The lowest BCUT2D eigenvalue weighted by Gasteiger charge is -1.90. The Labute approximate surface area is 78.8 Å². The van der Waals surface area contributed by atoms with E-state index in [4.69, 9.17) is 9.52 Å². The third kappa shape index (κ3) is 1.63. The predicted octanol–water partition coefficient (Wildman–Crippen LogP) is 0.623. The molecule has 0 amide bonds. The number of furan rings is 1. The van der Waals surface area contributed by atoms with E-state index in [1.165, 1.54) is 17.1 Å². The number of hydrogen-bond donors (Lipinski definition) is 1. The van der Waals surface area contributed by atoms with E-state index in [-0.39, 0.29) is 6.54 Å². The van der Waals surface area contributed by atoms with Crippen LogP contribution < -0.4 is 0 Å². The van der Waals surface area contributed by atoms with Crippen molar-refractivity contribution >= 4 is 5.97 Å². The van der Waals surface area contributed by atoms with Crippen molar-refractivity contribution in [2.24, 2.45) is 0 Å². The molecule has 14 heavy (non-hydrogen) atoms. The van der Waals surface area contributed by atoms with Gasteiger partial charge < -0.3 is 9.52 Å². The van der Waals surface area contributed by atoms with E-state index in [0.29, 0.717) is 11.5 Å². The SMILES string of the molecule is O=C(O)Cn1cc(-c2ccco2)nn1. The van der Waals surface area contributed by atoms with Crippen molar-refractivity contribution in [1.29, 1.82) is 0 Å². The number of carbonyl (C=O) groups is 1. The molecule has 2 rings (SSSR count). The quantitative estimate of drug-likeness (QED) is 0.772. The fourth-order valence-electron chi connectivity index (χ4n) is 1.05. The Bertz CT molecular complexity index is 432. The van der Waals surface area contributed by atoms with Gasteiger partial charge in [0.2, 0.25) is 0 Å². The molecule has 0 bridgehead atoms. The molecule has 0 saturated carbocycles. The predicted molar refractivity (Wildman–Crippen MR) is 45.4 cm³/mol. The van der Waals surface area contributed by atoms with Crippen LogP contribution >= 0.6 is 0 Å². The highest BCUT2D eigenvalue weighted by Gasteiger charge is 2.07. The summed E-state index contributed by atoms with van der Waals surface area (Å²) >= 11 is 0. The van der Waals surface area contributed by atoms with Gasteiger partial charge in [-0.15, -0.1) is 5.10 Å². The molecule has 2 heterocycles. The van der Waals surface area contributed by atoms with Crippen LogP contribution in [-0.2, 0) is 11.3 Å². The number of rotatable bonds is 3. The van der Waals surface area contributed by atoms with Crippen LogP contribution in [0.2, 0.25) is 0 Å². The third-order valence-corrected chi connectivity index (χ3v) is 1.61. The fourth-order valence-corrected chi connectivity index (χ4v) is 1.05. The van der Waals surface area contributed by atoms with E-state index in [1.54, 1.807) is 12.1 Å². The van der Waals surface area contributed by atoms with Crippen molar-refractivity contribution in [2.45, 2.75) is 6.54 Å². The summed E-state index contributed by atoms with van der Waals surface area (Å²) in [5.41, 5.74) is 0.524. The molecule has 2 aromatic rings. The Morgan fingerprint density at radius 2 is 2.50 bits per heavy atom. The van der Waals surface area contributed by atoms with Gasteiger partial charge in [0, 0.05) is 0 Å². The second-order valence-electron chi connectivity index (χ2n) is 2.67. The van der Waals surface area contributed by atoms with Crippen molar-refractivity contribution in [3.05, 3.63) is 24.6 Å². The lowest BCUT2D eigenvalue weighted by molar-refractivity contribution is -0.137. The first-order chi connectivity index (χ1) is 6.75. The fraction of sp³-hybridized carbons (Fsp3) is 0.125. The van der Waals surface area contributed by atoms with Crippen LogP contribution in [0.1, 0.15) is 0 Å². The molecule has 0 unspecified atom stereocenters. The van der Waals surface area contributed by atoms with Gasteiger partial charge >= 0.3 is 5.97 Å². The zero-order valence-corrected chi connectivity index (χ0v) is 7.12. The summed E-state index contributed by atoms with van der Waals surface area (Å²) in [6.07, 6.45) is 3.04. The number of hydrogen-bond acceptors (Lipinski definition) is 4. The number of nitrogens with zero attached hydrogens (tertiary/aromatic N) is 3. The van der Waals surface area contributed by atoms with Crippen LogP contribution in [0.5, 0.6) is 0 Å². The van der Waals surface area contributed by atoms with Crippen LogP contribution in [0.15, 0.2) is 29.0 Å². The van der Waals surface area contributed by atoms with E-state index in [9.17, 15) is 4.79 Å². The number of carboxylic acid groups (broad SMARTS) is 1. The van der Waals surface area contributed by atoms with Gasteiger partial charge in [0.15, 0.2) is 5.76 Å². The summed E-state index contributed by atoms with van der Waals surface area (Å²) in [5, 5.41) is 15.9. The topological polar surface area (TPSA) is 81.1 Å². The van der Waals surface area contributed by atoms with Crippen molar-refractivity contribution in [3.8, 4) is 11.5 Å². The van der Waals surface area contributed by atoms with E-state index in [2.05, 4.69) is 10.3 Å². The molecule has 0 radical (unpaired) electrons. The summed E-state index contributed by atoms with van der Waals surface area (Å²) in [5.74, 6) is -0.387. The molecule has 72 valence electrons. The molecular formula is C8H7N3O3. The molecular weight excluding hydrogens is 186 g/mol. The summed E-state index contributed by atoms with van der Waals surface area (Å²) < 4.78 is 6.31. The van der Waals surface area contributed by atoms with Crippen molar-refractivity contribution < 1.29 is 14.3 Å². The molecule has 0 aliphatic carbocycles. The smallest absolute Gasteiger partial charge is 0.325 e. The minimum Gasteiger partial charge on any atom is -0.480 e. The summed E-state index contributed by atoms with van der Waals surface area (Å²) in [7, 11) is 0. The number of aromatic nitrogens is 3. The molecule has 0 aliphatic rings. The molecule has 1 N–H and O–H groups in total. The van der Waals surface area contributed by atoms with Gasteiger partial charge in [0.25, 0.3) is 0 Å². The van der Waals surface area contributed by atoms with Crippen LogP contribution in [0.3, 0.4) is 0 Å². The Hall–Kier alpha value is -2.11. The Kier molecular flexibility index (Phi) is 2.02. The molecule has 2 aromatic heterocycles. The highest BCUT2D eigenvalue weighted by atomic mass is 16.4. The first-order valence-corrected chi connectivity index (χ1v) is 3.91. The van der Waals surface area contributed by atoms with E-state index >= 15 is 0 Å². The van der Waals surface area contributed by atoms with Crippen LogP contribution in [-0.4, -0.2) is 26.1 Å². The first-order valence-electron chi connectivity index (χ1n) is 3.91. The zero-order valence-electron chi connectivity index (χ0n) is 7.12. The molecule has 0 spiro atoms. The van der Waals surface area contributed by atoms with Gasteiger partial charge in [0.1, 0.15) is 12.2 Å². The Morgan fingerprint density at radius 3 is 3.14 bits per heavy atom. The Balaban J connectivity index is 2.22.